The number of hydrogen-bond donors (Lipinski definition) is 2. The van der Waals surface area contributed by atoms with Gasteiger partial charge in [-0.25, -0.2) is 0 Å². The molecule has 0 aliphatic carbocycles. The molecule has 0 aromatic heterocycles. The first kappa shape index (κ1) is 22.4. The van der Waals surface area contributed by atoms with E-state index in [1.807, 2.05) is 0 Å². The van der Waals surface area contributed by atoms with Gasteiger partial charge in [0.05, 0.1) is 7.11 Å². The summed E-state index contributed by atoms with van der Waals surface area (Å²) in [7, 11) is 1.48. The average molecular weight is 410 g/mol. The van der Waals surface area contributed by atoms with Gasteiger partial charge in [0, 0.05) is 36.7 Å². The van der Waals surface area contributed by atoms with Crippen LogP contribution in [0, 0.1) is 5.92 Å². The van der Waals surface area contributed by atoms with Crippen LogP contribution in [0.3, 0.4) is 0 Å². The number of rotatable bonds is 9. The highest BCUT2D eigenvalue weighted by molar-refractivity contribution is 5.97. The van der Waals surface area contributed by atoms with E-state index in [1.54, 1.807) is 30.4 Å². The Bertz CT molecular complexity index is 840. The van der Waals surface area contributed by atoms with Gasteiger partial charge in [-0.3, -0.25) is 4.79 Å². The van der Waals surface area contributed by atoms with Crippen LogP contribution in [-0.2, 0) is 0 Å². The maximum absolute atomic E-state index is 12.4. The maximum atomic E-state index is 12.4. The Kier molecular flexibility index (Phi) is 7.81. The van der Waals surface area contributed by atoms with Crippen molar-refractivity contribution in [2.45, 2.75) is 12.8 Å². The molecular formula is C21H21F3O5. The van der Waals surface area contributed by atoms with Gasteiger partial charge in [-0.2, -0.15) is 0 Å². The molecular weight excluding hydrogens is 389 g/mol. The van der Waals surface area contributed by atoms with E-state index < -0.39 is 12.3 Å². The summed E-state index contributed by atoms with van der Waals surface area (Å²) in [6.45, 7) is -0.585. The van der Waals surface area contributed by atoms with Crippen LogP contribution in [0.5, 0.6) is 11.5 Å². The molecule has 2 aromatic rings. The zero-order chi connectivity index (χ0) is 21.4. The number of aliphatic hydroxyl groups is 2. The number of methoxy groups -OCH3 is 1. The summed E-state index contributed by atoms with van der Waals surface area (Å²) < 4.78 is 45.8. The smallest absolute Gasteiger partial charge is 0.496 e. The van der Waals surface area contributed by atoms with Crippen molar-refractivity contribution in [3.05, 3.63) is 59.2 Å². The van der Waals surface area contributed by atoms with Crippen molar-refractivity contribution in [3.63, 3.8) is 0 Å². The van der Waals surface area contributed by atoms with E-state index in [1.165, 1.54) is 31.4 Å². The number of carbonyl (C=O) groups excluding carboxylic acids is 1. The predicted molar refractivity (Wildman–Crippen MR) is 102 cm³/mol. The normalized spacial score (nSPS) is 11.8. The second-order valence-corrected chi connectivity index (χ2v) is 6.27. The minimum atomic E-state index is -4.75. The van der Waals surface area contributed by atoms with Gasteiger partial charge < -0.3 is 19.7 Å². The van der Waals surface area contributed by atoms with E-state index in [0.717, 1.165) is 0 Å². The van der Waals surface area contributed by atoms with Crippen molar-refractivity contribution < 1.29 is 37.7 Å². The van der Waals surface area contributed by atoms with Gasteiger partial charge in [0.15, 0.2) is 5.78 Å². The molecule has 0 atom stereocenters. The molecule has 0 amide bonds. The minimum Gasteiger partial charge on any atom is -0.496 e. The minimum absolute atomic E-state index is 0.00313. The second-order valence-electron chi connectivity index (χ2n) is 6.27. The molecule has 0 saturated heterocycles. The first-order chi connectivity index (χ1) is 13.8. The van der Waals surface area contributed by atoms with E-state index in [0.29, 0.717) is 22.4 Å². The van der Waals surface area contributed by atoms with Crippen molar-refractivity contribution in [1.29, 1.82) is 0 Å². The predicted octanol–water partition coefficient (Wildman–Crippen LogP) is 3.94. The molecule has 0 bridgehead atoms. The van der Waals surface area contributed by atoms with Crippen LogP contribution >= 0.6 is 0 Å². The van der Waals surface area contributed by atoms with Crippen LogP contribution in [0.1, 0.15) is 27.9 Å². The molecule has 0 saturated carbocycles. The molecule has 0 aliphatic rings. The van der Waals surface area contributed by atoms with Gasteiger partial charge in [0.1, 0.15) is 11.5 Å². The summed E-state index contributed by atoms with van der Waals surface area (Å²) in [6.07, 6.45) is -1.41. The molecule has 29 heavy (non-hydrogen) atoms. The molecule has 5 nitrogen and oxygen atoms in total. The third-order valence-corrected chi connectivity index (χ3v) is 4.11. The zero-order valence-electron chi connectivity index (χ0n) is 15.6. The van der Waals surface area contributed by atoms with Crippen LogP contribution in [0.2, 0.25) is 0 Å². The fraction of sp³-hybridized carbons (Fsp3) is 0.286. The average Bonchev–Trinajstić information content (AvgIpc) is 2.70. The standard InChI is InChI=1S/C21H21F3O5/c1-28-20-9-6-16(19(27)10-15(12-25)13-26)11-17(20)5-2-14-3-7-18(8-4-14)29-21(22,23)24/h2-9,11,15,25-26H,10,12-13H2,1H3/b5-2+. The Morgan fingerprint density at radius 1 is 1.07 bits per heavy atom. The van der Waals surface area contributed by atoms with Gasteiger partial charge >= 0.3 is 6.36 Å². The molecule has 0 radical (unpaired) electrons. The Morgan fingerprint density at radius 3 is 2.28 bits per heavy atom. The highest BCUT2D eigenvalue weighted by atomic mass is 19.4. The zero-order valence-corrected chi connectivity index (χ0v) is 15.6. The molecule has 8 heteroatoms. The third kappa shape index (κ3) is 6.92. The number of benzene rings is 2. The summed E-state index contributed by atoms with van der Waals surface area (Å²) in [5, 5.41) is 18.3. The van der Waals surface area contributed by atoms with E-state index in [4.69, 9.17) is 14.9 Å². The Hall–Kier alpha value is -2.84. The number of Topliss-reactive ketones (excluding diaryl/α,β-unsaturated/α-hetero) is 1. The SMILES string of the molecule is COc1ccc(C(=O)CC(CO)CO)cc1/C=C/c1ccc(OC(F)(F)F)cc1. The summed E-state index contributed by atoms with van der Waals surface area (Å²) in [5.74, 6) is -0.567. The fourth-order valence-corrected chi connectivity index (χ4v) is 2.57. The lowest BCUT2D eigenvalue weighted by atomic mass is 9.97. The number of halogens is 3. The molecule has 0 heterocycles. The summed E-state index contributed by atoms with van der Waals surface area (Å²) in [5.41, 5.74) is 1.61. The van der Waals surface area contributed by atoms with Crippen LogP contribution in [-0.4, -0.2) is 42.7 Å². The van der Waals surface area contributed by atoms with Crippen molar-refractivity contribution in [1.82, 2.24) is 0 Å². The number of aliphatic hydroxyl groups excluding tert-OH is 2. The summed E-state index contributed by atoms with van der Waals surface area (Å²) in [6, 6.07) is 10.2. The monoisotopic (exact) mass is 410 g/mol. The molecule has 2 rings (SSSR count). The summed E-state index contributed by atoms with van der Waals surface area (Å²) in [4.78, 5) is 12.4. The molecule has 2 aromatic carbocycles. The quantitative estimate of drug-likeness (QED) is 0.484. The topological polar surface area (TPSA) is 76.0 Å². The second kappa shape index (κ2) is 10.1. The molecule has 2 N–H and O–H groups in total. The number of hydrogen-bond acceptors (Lipinski definition) is 5. The third-order valence-electron chi connectivity index (χ3n) is 4.11. The van der Waals surface area contributed by atoms with Crippen LogP contribution in [0.15, 0.2) is 42.5 Å². The molecule has 0 spiro atoms. The van der Waals surface area contributed by atoms with Gasteiger partial charge in [-0.15, -0.1) is 13.2 Å². The van der Waals surface area contributed by atoms with Gasteiger partial charge in [0.2, 0.25) is 0 Å². The Labute approximate surface area is 166 Å². The van der Waals surface area contributed by atoms with Crippen molar-refractivity contribution in [2.75, 3.05) is 20.3 Å². The van der Waals surface area contributed by atoms with E-state index in [9.17, 15) is 18.0 Å². The van der Waals surface area contributed by atoms with Crippen molar-refractivity contribution >= 4 is 17.9 Å². The first-order valence-corrected chi connectivity index (χ1v) is 8.72. The van der Waals surface area contributed by atoms with E-state index >= 15 is 0 Å². The maximum Gasteiger partial charge on any atom is 0.573 e. The highest BCUT2D eigenvalue weighted by Crippen LogP contribution is 2.26. The van der Waals surface area contributed by atoms with Gasteiger partial charge in [0.25, 0.3) is 0 Å². The van der Waals surface area contributed by atoms with Crippen LogP contribution in [0.25, 0.3) is 12.2 Å². The summed E-state index contributed by atoms with van der Waals surface area (Å²) >= 11 is 0. The molecule has 0 fully saturated rings. The van der Waals surface area contributed by atoms with Crippen LogP contribution in [0.4, 0.5) is 13.2 Å². The first-order valence-electron chi connectivity index (χ1n) is 8.72. The number of ketones is 1. The largest absolute Gasteiger partial charge is 0.573 e. The van der Waals surface area contributed by atoms with E-state index in [-0.39, 0.29) is 31.2 Å². The Morgan fingerprint density at radius 2 is 1.72 bits per heavy atom. The van der Waals surface area contributed by atoms with E-state index in [2.05, 4.69) is 4.74 Å². The van der Waals surface area contributed by atoms with Gasteiger partial charge in [-0.1, -0.05) is 24.3 Å². The number of carbonyl (C=O) groups is 1. The Balaban J connectivity index is 2.19. The lowest BCUT2D eigenvalue weighted by Gasteiger charge is -2.11. The number of alkyl halides is 3. The lowest BCUT2D eigenvalue weighted by molar-refractivity contribution is -0.274. The lowest BCUT2D eigenvalue weighted by Crippen LogP contribution is -2.16. The highest BCUT2D eigenvalue weighted by Gasteiger charge is 2.30. The number of ether oxygens (including phenoxy) is 2. The van der Waals surface area contributed by atoms with Crippen molar-refractivity contribution in [3.8, 4) is 11.5 Å². The van der Waals surface area contributed by atoms with Crippen LogP contribution < -0.4 is 9.47 Å². The molecule has 0 aliphatic heterocycles. The van der Waals surface area contributed by atoms with Gasteiger partial charge in [-0.05, 0) is 35.9 Å². The molecule has 0 unspecified atom stereocenters. The fourth-order valence-electron chi connectivity index (χ4n) is 2.57. The van der Waals surface area contributed by atoms with Crippen molar-refractivity contribution in [2.24, 2.45) is 5.92 Å². The molecule has 156 valence electrons.